The Balaban J connectivity index is 2.15. The first-order chi connectivity index (χ1) is 9.47. The summed E-state index contributed by atoms with van der Waals surface area (Å²) in [6.07, 6.45) is 2.63. The molecule has 1 N–H and O–H groups in total. The highest BCUT2D eigenvalue weighted by Gasteiger charge is 2.13. The number of carbonyl (C=O) groups is 1. The number of hydrogen-bond donors (Lipinski definition) is 1. The maximum absolute atomic E-state index is 12.1. The summed E-state index contributed by atoms with van der Waals surface area (Å²) in [6.45, 7) is 6.01. The van der Waals surface area contributed by atoms with Gasteiger partial charge in [-0.1, -0.05) is 23.8 Å². The molecular weight excluding hydrogens is 252 g/mol. The van der Waals surface area contributed by atoms with E-state index in [2.05, 4.69) is 23.5 Å². The van der Waals surface area contributed by atoms with Crippen molar-refractivity contribution in [2.45, 2.75) is 26.8 Å². The van der Waals surface area contributed by atoms with Crippen LogP contribution in [0.4, 0.5) is 0 Å². The van der Waals surface area contributed by atoms with E-state index in [0.29, 0.717) is 10.3 Å². The van der Waals surface area contributed by atoms with Crippen molar-refractivity contribution in [1.82, 2.24) is 5.32 Å². The average Bonchev–Trinajstić information content (AvgIpc) is 2.42. The van der Waals surface area contributed by atoms with Crippen molar-refractivity contribution in [3.63, 3.8) is 0 Å². The van der Waals surface area contributed by atoms with Crippen LogP contribution >= 0.6 is 0 Å². The molecule has 0 unspecified atom stereocenters. The molecule has 0 saturated heterocycles. The Morgan fingerprint density at radius 2 is 1.85 bits per heavy atom. The summed E-state index contributed by atoms with van der Waals surface area (Å²) in [5.74, 6) is -0.181. The molecule has 1 aromatic carbocycles. The van der Waals surface area contributed by atoms with E-state index in [0.717, 1.165) is 11.1 Å². The molecule has 104 valence electrons. The van der Waals surface area contributed by atoms with Crippen LogP contribution in [0.2, 0.25) is 0 Å². The lowest BCUT2D eigenvalue weighted by Crippen LogP contribution is -2.29. The second-order valence-electron chi connectivity index (χ2n) is 5.00. The first kappa shape index (κ1) is 14.1. The number of carbonyl (C=O) groups excluding carboxylic acids is 1. The van der Waals surface area contributed by atoms with E-state index in [1.807, 2.05) is 20.8 Å². The molecule has 1 heterocycles. The van der Waals surface area contributed by atoms with Crippen LogP contribution in [0, 0.1) is 19.1 Å². The second-order valence-corrected chi connectivity index (χ2v) is 5.00. The van der Waals surface area contributed by atoms with E-state index >= 15 is 0 Å². The van der Waals surface area contributed by atoms with E-state index in [1.165, 1.54) is 30.1 Å². The van der Waals surface area contributed by atoms with Gasteiger partial charge in [-0.25, -0.2) is 0 Å². The minimum atomic E-state index is -0.181. The van der Waals surface area contributed by atoms with Gasteiger partial charge in [0.2, 0.25) is 0 Å². The predicted molar refractivity (Wildman–Crippen MR) is 77.2 cm³/mol. The first-order valence-electron chi connectivity index (χ1n) is 6.54. The lowest BCUT2D eigenvalue weighted by Gasteiger charge is -2.17. The predicted octanol–water partition coefficient (Wildman–Crippen LogP) is 2.43. The summed E-state index contributed by atoms with van der Waals surface area (Å²) in [4.78, 5) is 12.1. The standard InChI is InChI=1S/C16H18N2O2/c1-11-4-5-12(2)15(10-11)13(3)17-16(19)14-6-8-18(20)9-7-14/h4-10,13H,1-3H3,(H,17,19)/t13-/m1/s1. The Morgan fingerprint density at radius 3 is 2.50 bits per heavy atom. The van der Waals surface area contributed by atoms with Crippen LogP contribution in [0.15, 0.2) is 42.7 Å². The maximum atomic E-state index is 12.1. The third-order valence-electron chi connectivity index (χ3n) is 3.31. The highest BCUT2D eigenvalue weighted by Crippen LogP contribution is 2.19. The summed E-state index contributed by atoms with van der Waals surface area (Å²) in [7, 11) is 0. The number of nitrogens with zero attached hydrogens (tertiary/aromatic N) is 1. The molecule has 20 heavy (non-hydrogen) atoms. The van der Waals surface area contributed by atoms with Crippen LogP contribution in [0.1, 0.15) is 40.0 Å². The molecule has 1 amide bonds. The lowest BCUT2D eigenvalue weighted by atomic mass is 10.00. The minimum absolute atomic E-state index is 0.0815. The Morgan fingerprint density at radius 1 is 1.20 bits per heavy atom. The van der Waals surface area contributed by atoms with Crippen molar-refractivity contribution in [1.29, 1.82) is 0 Å². The van der Waals surface area contributed by atoms with E-state index < -0.39 is 0 Å². The number of nitrogens with one attached hydrogen (secondary N) is 1. The van der Waals surface area contributed by atoms with Gasteiger partial charge in [-0.15, -0.1) is 0 Å². The molecule has 1 atom stereocenters. The fourth-order valence-corrected chi connectivity index (χ4v) is 2.15. The van der Waals surface area contributed by atoms with E-state index in [9.17, 15) is 10.0 Å². The van der Waals surface area contributed by atoms with Gasteiger partial charge in [0.1, 0.15) is 0 Å². The van der Waals surface area contributed by atoms with E-state index in [1.54, 1.807) is 0 Å². The van der Waals surface area contributed by atoms with Crippen LogP contribution in [-0.4, -0.2) is 5.91 Å². The highest BCUT2D eigenvalue weighted by atomic mass is 16.5. The molecule has 0 spiro atoms. The largest absolute Gasteiger partial charge is 0.619 e. The zero-order chi connectivity index (χ0) is 14.7. The fourth-order valence-electron chi connectivity index (χ4n) is 2.15. The Kier molecular flexibility index (Phi) is 4.03. The summed E-state index contributed by atoms with van der Waals surface area (Å²) in [5, 5.41) is 13.9. The molecule has 0 fully saturated rings. The molecule has 0 aliphatic heterocycles. The van der Waals surface area contributed by atoms with Crippen molar-refractivity contribution in [3.8, 4) is 0 Å². The van der Waals surface area contributed by atoms with Crippen LogP contribution in [0.25, 0.3) is 0 Å². The molecule has 4 nitrogen and oxygen atoms in total. The fraction of sp³-hybridized carbons (Fsp3) is 0.250. The zero-order valence-electron chi connectivity index (χ0n) is 11.9. The third kappa shape index (κ3) is 3.15. The molecule has 4 heteroatoms. The Bertz CT molecular complexity index is 621. The highest BCUT2D eigenvalue weighted by molar-refractivity contribution is 5.94. The normalized spacial score (nSPS) is 11.9. The lowest BCUT2D eigenvalue weighted by molar-refractivity contribution is -0.605. The molecule has 0 aliphatic carbocycles. The van der Waals surface area contributed by atoms with Gasteiger partial charge < -0.3 is 10.5 Å². The monoisotopic (exact) mass is 270 g/mol. The number of aryl methyl sites for hydroxylation is 2. The molecule has 2 aromatic rings. The van der Waals surface area contributed by atoms with Crippen LogP contribution in [0.5, 0.6) is 0 Å². The van der Waals surface area contributed by atoms with Crippen LogP contribution in [-0.2, 0) is 0 Å². The maximum Gasteiger partial charge on any atom is 0.252 e. The minimum Gasteiger partial charge on any atom is -0.619 e. The molecular formula is C16H18N2O2. The van der Waals surface area contributed by atoms with Gasteiger partial charge in [0, 0.05) is 12.1 Å². The first-order valence-corrected chi connectivity index (χ1v) is 6.54. The number of amides is 1. The van der Waals surface area contributed by atoms with Crippen LogP contribution < -0.4 is 10.0 Å². The summed E-state index contributed by atoms with van der Waals surface area (Å²) >= 11 is 0. The molecule has 0 radical (unpaired) electrons. The number of aromatic nitrogens is 1. The average molecular weight is 270 g/mol. The summed E-state index contributed by atoms with van der Waals surface area (Å²) in [5.41, 5.74) is 3.90. The van der Waals surface area contributed by atoms with Gasteiger partial charge in [0.25, 0.3) is 5.91 Å². The SMILES string of the molecule is Cc1ccc(C)c([C@@H](C)NC(=O)c2cc[n+]([O-])cc2)c1. The van der Waals surface area contributed by atoms with Crippen molar-refractivity contribution < 1.29 is 9.52 Å². The van der Waals surface area contributed by atoms with E-state index in [-0.39, 0.29) is 11.9 Å². The van der Waals surface area contributed by atoms with Crippen molar-refractivity contribution in [2.75, 3.05) is 0 Å². The number of pyridine rings is 1. The number of rotatable bonds is 3. The summed E-state index contributed by atoms with van der Waals surface area (Å²) in [6, 6.07) is 9.13. The van der Waals surface area contributed by atoms with Gasteiger partial charge in [-0.2, -0.15) is 4.73 Å². The van der Waals surface area contributed by atoms with Crippen molar-refractivity contribution >= 4 is 5.91 Å². The van der Waals surface area contributed by atoms with Gasteiger partial charge in [0.05, 0.1) is 11.6 Å². The summed E-state index contributed by atoms with van der Waals surface area (Å²) < 4.78 is 0.658. The van der Waals surface area contributed by atoms with Gasteiger partial charge in [-0.05, 0) is 31.9 Å². The van der Waals surface area contributed by atoms with Crippen LogP contribution in [0.3, 0.4) is 0 Å². The molecule has 2 rings (SSSR count). The van der Waals surface area contributed by atoms with Crippen molar-refractivity contribution in [3.05, 3.63) is 70.2 Å². The number of hydrogen-bond acceptors (Lipinski definition) is 2. The van der Waals surface area contributed by atoms with Gasteiger partial charge >= 0.3 is 0 Å². The Hall–Kier alpha value is -2.36. The molecule has 1 aromatic heterocycles. The zero-order valence-corrected chi connectivity index (χ0v) is 11.9. The molecule has 0 saturated carbocycles. The second kappa shape index (κ2) is 5.74. The third-order valence-corrected chi connectivity index (χ3v) is 3.31. The van der Waals surface area contributed by atoms with Gasteiger partial charge in [0.15, 0.2) is 12.4 Å². The molecule has 0 bridgehead atoms. The molecule has 0 aliphatic rings. The number of benzene rings is 1. The topological polar surface area (TPSA) is 56.0 Å². The quantitative estimate of drug-likeness (QED) is 0.688. The van der Waals surface area contributed by atoms with Crippen molar-refractivity contribution in [2.24, 2.45) is 0 Å². The van der Waals surface area contributed by atoms with E-state index in [4.69, 9.17) is 0 Å². The Labute approximate surface area is 118 Å². The van der Waals surface area contributed by atoms with Gasteiger partial charge in [-0.3, -0.25) is 4.79 Å². The smallest absolute Gasteiger partial charge is 0.252 e.